The minimum absolute atomic E-state index is 0.166. The summed E-state index contributed by atoms with van der Waals surface area (Å²) in [6, 6.07) is 4.37. The molecular weight excluding hydrogens is 236 g/mol. The minimum Gasteiger partial charge on any atom is -0.305 e. The molecule has 1 fully saturated rings. The summed E-state index contributed by atoms with van der Waals surface area (Å²) in [7, 11) is 4.17. The number of likely N-dealkylation sites (N-methyl/N-ethyl adjacent to an activating group) is 1. The van der Waals surface area contributed by atoms with Crippen LogP contribution in [-0.2, 0) is 12.5 Å². The lowest BCUT2D eigenvalue weighted by Gasteiger charge is -2.38. The van der Waals surface area contributed by atoms with Crippen molar-refractivity contribution < 1.29 is 0 Å². The Labute approximate surface area is 114 Å². The molecule has 0 aromatic carbocycles. The number of rotatable bonds is 1. The third-order valence-corrected chi connectivity index (χ3v) is 4.38. The van der Waals surface area contributed by atoms with Gasteiger partial charge in [0.1, 0.15) is 0 Å². The van der Waals surface area contributed by atoms with Crippen LogP contribution in [0.25, 0.3) is 11.0 Å². The van der Waals surface area contributed by atoms with Gasteiger partial charge in [0, 0.05) is 24.4 Å². The summed E-state index contributed by atoms with van der Waals surface area (Å²) in [5.74, 6) is 0. The fourth-order valence-electron chi connectivity index (χ4n) is 3.34. The van der Waals surface area contributed by atoms with Gasteiger partial charge in [-0.1, -0.05) is 6.92 Å². The Bertz CT molecular complexity index is 616. The number of fused-ring (bicyclic) bond motifs is 1. The molecule has 2 aromatic heterocycles. The van der Waals surface area contributed by atoms with Crippen molar-refractivity contribution >= 4 is 11.0 Å². The summed E-state index contributed by atoms with van der Waals surface area (Å²) in [6.45, 7) is 6.66. The molecule has 0 radical (unpaired) electrons. The molecule has 0 amide bonds. The predicted octanol–water partition coefficient (Wildman–Crippen LogP) is 2.26. The van der Waals surface area contributed by atoms with Crippen molar-refractivity contribution in [1.82, 2.24) is 19.7 Å². The van der Waals surface area contributed by atoms with E-state index in [1.165, 1.54) is 30.5 Å². The average Bonchev–Trinajstić information content (AvgIpc) is 2.64. The quantitative estimate of drug-likeness (QED) is 0.787. The molecule has 4 nitrogen and oxygen atoms in total. The van der Waals surface area contributed by atoms with Crippen LogP contribution in [-0.4, -0.2) is 39.8 Å². The third kappa shape index (κ3) is 2.04. The maximum Gasteiger partial charge on any atom is 0.158 e. The fourth-order valence-corrected chi connectivity index (χ4v) is 3.34. The van der Waals surface area contributed by atoms with Gasteiger partial charge in [0.15, 0.2) is 5.65 Å². The first-order chi connectivity index (χ1) is 8.99. The van der Waals surface area contributed by atoms with Crippen LogP contribution in [0.15, 0.2) is 12.1 Å². The van der Waals surface area contributed by atoms with Crippen molar-refractivity contribution in [3.63, 3.8) is 0 Å². The zero-order chi connectivity index (χ0) is 13.6. The van der Waals surface area contributed by atoms with Crippen molar-refractivity contribution in [1.29, 1.82) is 0 Å². The molecule has 1 aliphatic rings. The van der Waals surface area contributed by atoms with Crippen LogP contribution in [0.5, 0.6) is 0 Å². The summed E-state index contributed by atoms with van der Waals surface area (Å²) in [6.07, 6.45) is 2.46. The van der Waals surface area contributed by atoms with E-state index in [0.717, 1.165) is 17.9 Å². The summed E-state index contributed by atoms with van der Waals surface area (Å²) in [5.41, 5.74) is 3.43. The van der Waals surface area contributed by atoms with Crippen LogP contribution in [0.3, 0.4) is 0 Å². The van der Waals surface area contributed by atoms with Crippen molar-refractivity contribution in [2.24, 2.45) is 7.05 Å². The van der Waals surface area contributed by atoms with Crippen LogP contribution in [0.2, 0.25) is 0 Å². The lowest BCUT2D eigenvalue weighted by molar-refractivity contribution is 0.185. The predicted molar refractivity (Wildman–Crippen MR) is 77.3 cm³/mol. The zero-order valence-corrected chi connectivity index (χ0v) is 12.3. The maximum absolute atomic E-state index is 4.90. The molecule has 102 valence electrons. The van der Waals surface area contributed by atoms with E-state index in [-0.39, 0.29) is 5.41 Å². The Kier molecular flexibility index (Phi) is 2.86. The number of aromatic nitrogens is 3. The molecule has 0 saturated carbocycles. The highest BCUT2D eigenvalue weighted by molar-refractivity contribution is 5.78. The van der Waals surface area contributed by atoms with E-state index >= 15 is 0 Å². The number of nitrogens with zero attached hydrogens (tertiary/aromatic N) is 4. The van der Waals surface area contributed by atoms with E-state index in [4.69, 9.17) is 4.98 Å². The lowest BCUT2D eigenvalue weighted by Crippen LogP contribution is -2.42. The first-order valence-corrected chi connectivity index (χ1v) is 6.99. The fraction of sp³-hybridized carbons (Fsp3) is 0.600. The van der Waals surface area contributed by atoms with E-state index in [2.05, 4.69) is 36.1 Å². The second-order valence-electron chi connectivity index (χ2n) is 6.18. The number of hydrogen-bond donors (Lipinski definition) is 0. The number of hydrogen-bond acceptors (Lipinski definition) is 3. The maximum atomic E-state index is 4.90. The third-order valence-electron chi connectivity index (χ3n) is 4.38. The molecule has 0 bridgehead atoms. The Morgan fingerprint density at radius 2 is 2.05 bits per heavy atom. The van der Waals surface area contributed by atoms with Gasteiger partial charge < -0.3 is 4.90 Å². The first-order valence-electron chi connectivity index (χ1n) is 6.99. The largest absolute Gasteiger partial charge is 0.305 e. The zero-order valence-electron chi connectivity index (χ0n) is 12.3. The monoisotopic (exact) mass is 258 g/mol. The van der Waals surface area contributed by atoms with Gasteiger partial charge in [0.25, 0.3) is 0 Å². The summed E-state index contributed by atoms with van der Waals surface area (Å²) < 4.78 is 1.89. The molecule has 0 N–H and O–H groups in total. The highest BCUT2D eigenvalue weighted by Gasteiger charge is 2.32. The second-order valence-corrected chi connectivity index (χ2v) is 6.18. The highest BCUT2D eigenvalue weighted by Crippen LogP contribution is 2.33. The van der Waals surface area contributed by atoms with Crippen molar-refractivity contribution in [2.45, 2.75) is 32.1 Å². The summed E-state index contributed by atoms with van der Waals surface area (Å²) in [5, 5.41) is 5.62. The molecule has 19 heavy (non-hydrogen) atoms. The molecular formula is C15H22N4. The van der Waals surface area contributed by atoms with Crippen molar-refractivity contribution in [3.05, 3.63) is 23.5 Å². The van der Waals surface area contributed by atoms with E-state index in [1.807, 2.05) is 18.7 Å². The SMILES string of the molecule is Cc1nn(C)c2nc([C@@]3(C)CCCN(C)C3)ccc12. The molecule has 0 unspecified atom stereocenters. The molecule has 3 rings (SSSR count). The molecule has 2 aromatic rings. The lowest BCUT2D eigenvalue weighted by atomic mass is 9.79. The molecule has 0 aliphatic carbocycles. The molecule has 4 heteroatoms. The van der Waals surface area contributed by atoms with Gasteiger partial charge in [-0.15, -0.1) is 0 Å². The Morgan fingerprint density at radius 1 is 1.26 bits per heavy atom. The topological polar surface area (TPSA) is 34.0 Å². The van der Waals surface area contributed by atoms with Gasteiger partial charge in [-0.2, -0.15) is 5.10 Å². The van der Waals surface area contributed by atoms with Gasteiger partial charge in [-0.3, -0.25) is 4.68 Å². The van der Waals surface area contributed by atoms with Crippen LogP contribution in [0.4, 0.5) is 0 Å². The number of pyridine rings is 1. The normalized spacial score (nSPS) is 25.1. The first kappa shape index (κ1) is 12.6. The van der Waals surface area contributed by atoms with E-state index in [9.17, 15) is 0 Å². The van der Waals surface area contributed by atoms with Crippen LogP contribution in [0, 0.1) is 6.92 Å². The molecule has 3 heterocycles. The number of likely N-dealkylation sites (tertiary alicyclic amines) is 1. The smallest absolute Gasteiger partial charge is 0.158 e. The van der Waals surface area contributed by atoms with Crippen LogP contribution < -0.4 is 0 Å². The Morgan fingerprint density at radius 3 is 2.79 bits per heavy atom. The second kappa shape index (κ2) is 4.30. The molecule has 1 atom stereocenters. The van der Waals surface area contributed by atoms with Crippen molar-refractivity contribution in [3.8, 4) is 0 Å². The number of aryl methyl sites for hydroxylation is 2. The van der Waals surface area contributed by atoms with Gasteiger partial charge in [-0.25, -0.2) is 4.98 Å². The van der Waals surface area contributed by atoms with Crippen LogP contribution in [0.1, 0.15) is 31.2 Å². The molecule has 0 spiro atoms. The summed E-state index contributed by atoms with van der Waals surface area (Å²) in [4.78, 5) is 7.31. The molecule has 1 saturated heterocycles. The van der Waals surface area contributed by atoms with Gasteiger partial charge in [0.05, 0.1) is 11.4 Å². The van der Waals surface area contributed by atoms with E-state index < -0.39 is 0 Å². The minimum atomic E-state index is 0.166. The standard InChI is InChI=1S/C15H22N4/c1-11-12-6-7-13(16-14(12)19(4)17-11)15(2)8-5-9-18(3)10-15/h6-7H,5,8-10H2,1-4H3/t15-/m0/s1. The van der Waals surface area contributed by atoms with E-state index in [0.29, 0.717) is 0 Å². The average molecular weight is 258 g/mol. The van der Waals surface area contributed by atoms with Crippen LogP contribution >= 0.6 is 0 Å². The summed E-state index contributed by atoms with van der Waals surface area (Å²) >= 11 is 0. The Hall–Kier alpha value is -1.42. The highest BCUT2D eigenvalue weighted by atomic mass is 15.3. The number of piperidine rings is 1. The van der Waals surface area contributed by atoms with Crippen molar-refractivity contribution in [2.75, 3.05) is 20.1 Å². The molecule has 1 aliphatic heterocycles. The van der Waals surface area contributed by atoms with Gasteiger partial charge in [-0.05, 0) is 45.5 Å². The van der Waals surface area contributed by atoms with Gasteiger partial charge >= 0.3 is 0 Å². The Balaban J connectivity index is 2.07. The van der Waals surface area contributed by atoms with Gasteiger partial charge in [0.2, 0.25) is 0 Å². The van der Waals surface area contributed by atoms with E-state index in [1.54, 1.807) is 0 Å².